The summed E-state index contributed by atoms with van der Waals surface area (Å²) in [7, 11) is 1.57. The van der Waals surface area contributed by atoms with Crippen LogP contribution in [0.15, 0.2) is 6.20 Å². The minimum absolute atomic E-state index is 0.129. The van der Waals surface area contributed by atoms with E-state index in [0.29, 0.717) is 11.4 Å². The lowest BCUT2D eigenvalue weighted by Crippen LogP contribution is -2.24. The molecule has 1 heterocycles. The molecule has 13 heavy (non-hydrogen) atoms. The number of anilines is 1. The molecule has 0 bridgehead atoms. The predicted octanol–water partition coefficient (Wildman–Crippen LogP) is 0.406. The van der Waals surface area contributed by atoms with Crippen LogP contribution in [0.1, 0.15) is 30.4 Å². The Morgan fingerprint density at radius 1 is 1.69 bits per heavy atom. The summed E-state index contributed by atoms with van der Waals surface area (Å²) in [5.74, 6) is -0.205. The zero-order valence-electron chi connectivity index (χ0n) is 8.03. The highest BCUT2D eigenvalue weighted by atomic mass is 16.1. The van der Waals surface area contributed by atoms with E-state index >= 15 is 0 Å². The van der Waals surface area contributed by atoms with Crippen LogP contribution in [0.3, 0.4) is 0 Å². The molecular weight excluding hydrogens is 168 g/mol. The molecule has 0 radical (unpaired) electrons. The highest BCUT2D eigenvalue weighted by Gasteiger charge is 2.16. The van der Waals surface area contributed by atoms with Gasteiger partial charge in [-0.15, -0.1) is 0 Å². The lowest BCUT2D eigenvalue weighted by Gasteiger charge is -2.09. The first-order valence-corrected chi connectivity index (χ1v) is 4.13. The zero-order chi connectivity index (χ0) is 10.0. The van der Waals surface area contributed by atoms with Crippen molar-refractivity contribution in [1.29, 1.82) is 0 Å². The quantitative estimate of drug-likeness (QED) is 0.695. The monoisotopic (exact) mass is 182 g/mol. The van der Waals surface area contributed by atoms with E-state index in [1.165, 1.54) is 6.20 Å². The van der Waals surface area contributed by atoms with E-state index in [1.807, 2.05) is 13.8 Å². The number of carbonyl (C=O) groups excluding carboxylic acids is 1. The van der Waals surface area contributed by atoms with Gasteiger partial charge in [-0.3, -0.25) is 9.48 Å². The molecule has 3 N–H and O–H groups in total. The van der Waals surface area contributed by atoms with Gasteiger partial charge >= 0.3 is 0 Å². The maximum atomic E-state index is 11.4. The van der Waals surface area contributed by atoms with Gasteiger partial charge in [-0.2, -0.15) is 5.10 Å². The van der Waals surface area contributed by atoms with Crippen LogP contribution in [-0.2, 0) is 0 Å². The fourth-order valence-electron chi connectivity index (χ4n) is 1.12. The molecule has 0 aliphatic heterocycles. The summed E-state index contributed by atoms with van der Waals surface area (Å²) in [6.45, 7) is 3.89. The summed E-state index contributed by atoms with van der Waals surface area (Å²) < 4.78 is 1.61. The molecule has 0 atom stereocenters. The fourth-order valence-corrected chi connectivity index (χ4v) is 1.12. The summed E-state index contributed by atoms with van der Waals surface area (Å²) in [5, 5.41) is 6.54. The first kappa shape index (κ1) is 9.57. The average molecular weight is 182 g/mol. The van der Waals surface area contributed by atoms with Gasteiger partial charge in [0.05, 0.1) is 11.9 Å². The van der Waals surface area contributed by atoms with Crippen LogP contribution in [0.5, 0.6) is 0 Å². The van der Waals surface area contributed by atoms with Gasteiger partial charge in [-0.1, -0.05) is 0 Å². The Kier molecular flexibility index (Phi) is 2.55. The van der Waals surface area contributed by atoms with E-state index < -0.39 is 0 Å². The third-order valence-corrected chi connectivity index (χ3v) is 1.76. The number of nitrogens with zero attached hydrogens (tertiary/aromatic N) is 2. The van der Waals surface area contributed by atoms with E-state index in [9.17, 15) is 4.79 Å². The number of hydrogen-bond acceptors (Lipinski definition) is 3. The SMILES string of the molecule is CNC(=O)c1c(N)cnn1C(C)C. The standard InChI is InChI=1S/C8H14N4O/c1-5(2)12-7(8(13)10-3)6(9)4-11-12/h4-5H,9H2,1-3H3,(H,10,13). The third kappa shape index (κ3) is 1.63. The summed E-state index contributed by atoms with van der Waals surface area (Å²) >= 11 is 0. The molecule has 0 aliphatic carbocycles. The molecule has 0 fully saturated rings. The topological polar surface area (TPSA) is 72.9 Å². The molecule has 5 heteroatoms. The first-order chi connectivity index (χ1) is 6.07. The molecule has 0 unspecified atom stereocenters. The normalized spacial score (nSPS) is 10.5. The Morgan fingerprint density at radius 3 is 2.77 bits per heavy atom. The van der Waals surface area contributed by atoms with Crippen LogP contribution >= 0.6 is 0 Å². The first-order valence-electron chi connectivity index (χ1n) is 4.13. The summed E-state index contributed by atoms with van der Waals surface area (Å²) in [5.41, 5.74) is 6.45. The summed E-state index contributed by atoms with van der Waals surface area (Å²) in [6, 6.07) is 0.129. The van der Waals surface area contributed by atoms with Crippen LogP contribution < -0.4 is 11.1 Å². The summed E-state index contributed by atoms with van der Waals surface area (Å²) in [6.07, 6.45) is 1.49. The van der Waals surface area contributed by atoms with Crippen molar-refractivity contribution < 1.29 is 4.79 Å². The molecule has 0 spiro atoms. The van der Waals surface area contributed by atoms with Gasteiger partial charge in [0.1, 0.15) is 5.69 Å². The molecule has 5 nitrogen and oxygen atoms in total. The number of rotatable bonds is 2. The number of nitrogens with two attached hydrogens (primary N) is 1. The summed E-state index contributed by atoms with van der Waals surface area (Å²) in [4.78, 5) is 11.4. The largest absolute Gasteiger partial charge is 0.396 e. The van der Waals surface area contributed by atoms with E-state index in [0.717, 1.165) is 0 Å². The maximum absolute atomic E-state index is 11.4. The second kappa shape index (κ2) is 3.47. The van der Waals surface area contributed by atoms with Gasteiger partial charge in [0, 0.05) is 13.1 Å². The molecule has 1 aromatic heterocycles. The Hall–Kier alpha value is -1.52. The van der Waals surface area contributed by atoms with Crippen molar-refractivity contribution in [1.82, 2.24) is 15.1 Å². The number of carbonyl (C=O) groups is 1. The van der Waals surface area contributed by atoms with Crippen molar-refractivity contribution in [2.24, 2.45) is 0 Å². The van der Waals surface area contributed by atoms with E-state index in [-0.39, 0.29) is 11.9 Å². The Bertz CT molecular complexity index is 316. The van der Waals surface area contributed by atoms with E-state index in [1.54, 1.807) is 11.7 Å². The molecule has 72 valence electrons. The van der Waals surface area contributed by atoms with Crippen LogP contribution in [-0.4, -0.2) is 22.7 Å². The van der Waals surface area contributed by atoms with Crippen LogP contribution in [0.4, 0.5) is 5.69 Å². The lowest BCUT2D eigenvalue weighted by atomic mass is 10.3. The maximum Gasteiger partial charge on any atom is 0.271 e. The minimum atomic E-state index is -0.205. The molecule has 1 rings (SSSR count). The highest BCUT2D eigenvalue weighted by Crippen LogP contribution is 2.15. The van der Waals surface area contributed by atoms with Crippen LogP contribution in [0.25, 0.3) is 0 Å². The number of hydrogen-bond donors (Lipinski definition) is 2. The molecule has 1 aromatic rings. The van der Waals surface area contributed by atoms with Crippen molar-refractivity contribution in [3.05, 3.63) is 11.9 Å². The predicted molar refractivity (Wildman–Crippen MR) is 50.4 cm³/mol. The molecule has 0 saturated heterocycles. The van der Waals surface area contributed by atoms with Gasteiger partial charge in [0.25, 0.3) is 5.91 Å². The fraction of sp³-hybridized carbons (Fsp3) is 0.500. The van der Waals surface area contributed by atoms with Crippen molar-refractivity contribution in [3.63, 3.8) is 0 Å². The second-order valence-corrected chi connectivity index (χ2v) is 3.07. The molecule has 1 amide bonds. The Labute approximate surface area is 76.9 Å². The smallest absolute Gasteiger partial charge is 0.271 e. The lowest BCUT2D eigenvalue weighted by molar-refractivity contribution is 0.0951. The van der Waals surface area contributed by atoms with Crippen molar-refractivity contribution in [2.75, 3.05) is 12.8 Å². The number of aromatic nitrogens is 2. The van der Waals surface area contributed by atoms with Gasteiger partial charge in [0.2, 0.25) is 0 Å². The Morgan fingerprint density at radius 2 is 2.31 bits per heavy atom. The molecule has 0 saturated carbocycles. The van der Waals surface area contributed by atoms with Crippen LogP contribution in [0.2, 0.25) is 0 Å². The second-order valence-electron chi connectivity index (χ2n) is 3.07. The van der Waals surface area contributed by atoms with Gasteiger partial charge in [0.15, 0.2) is 0 Å². The van der Waals surface area contributed by atoms with Gasteiger partial charge < -0.3 is 11.1 Å². The van der Waals surface area contributed by atoms with Crippen molar-refractivity contribution in [2.45, 2.75) is 19.9 Å². The van der Waals surface area contributed by atoms with Crippen LogP contribution in [0, 0.1) is 0 Å². The number of nitrogens with one attached hydrogen (secondary N) is 1. The zero-order valence-corrected chi connectivity index (χ0v) is 8.03. The van der Waals surface area contributed by atoms with Crippen molar-refractivity contribution >= 4 is 11.6 Å². The Balaban J connectivity index is 3.16. The average Bonchev–Trinajstić information content (AvgIpc) is 2.46. The van der Waals surface area contributed by atoms with Gasteiger partial charge in [-0.25, -0.2) is 0 Å². The number of amides is 1. The van der Waals surface area contributed by atoms with Gasteiger partial charge in [-0.05, 0) is 13.8 Å². The molecule has 0 aliphatic rings. The highest BCUT2D eigenvalue weighted by molar-refractivity contribution is 5.97. The number of nitrogen functional groups attached to an aromatic ring is 1. The van der Waals surface area contributed by atoms with Crippen molar-refractivity contribution in [3.8, 4) is 0 Å². The van der Waals surface area contributed by atoms with E-state index in [4.69, 9.17) is 5.73 Å². The molecular formula is C8H14N4O. The minimum Gasteiger partial charge on any atom is -0.396 e. The molecule has 0 aromatic carbocycles. The van der Waals surface area contributed by atoms with E-state index in [2.05, 4.69) is 10.4 Å². The third-order valence-electron chi connectivity index (χ3n) is 1.76.